The van der Waals surface area contributed by atoms with Crippen molar-refractivity contribution in [3.8, 4) is 0 Å². The van der Waals surface area contributed by atoms with Crippen molar-refractivity contribution in [3.05, 3.63) is 65.7 Å². The lowest BCUT2D eigenvalue weighted by Gasteiger charge is -2.44. The number of carbonyl (C=O) groups is 2. The van der Waals surface area contributed by atoms with Gasteiger partial charge >= 0.3 is 6.03 Å². The van der Waals surface area contributed by atoms with Crippen molar-refractivity contribution >= 4 is 21.8 Å². The molecule has 0 radical (unpaired) electrons. The molecule has 5 rings (SSSR count). The first-order chi connectivity index (χ1) is 18.1. The molecule has 1 spiro atoms. The van der Waals surface area contributed by atoms with Crippen LogP contribution < -0.4 is 5.32 Å². The fourth-order valence-corrected chi connectivity index (χ4v) is 7.17. The number of hydrogen-bond acceptors (Lipinski definition) is 6. The fourth-order valence-electron chi connectivity index (χ4n) is 6.54. The Labute approximate surface area is 225 Å². The zero-order chi connectivity index (χ0) is 27.1. The van der Waals surface area contributed by atoms with Crippen molar-refractivity contribution in [3.63, 3.8) is 0 Å². The summed E-state index contributed by atoms with van der Waals surface area (Å²) in [5.74, 6) is 0.867. The Kier molecular flexibility index (Phi) is 7.37. The minimum atomic E-state index is -3.31. The number of urea groups is 1. The second kappa shape index (κ2) is 10.4. The SMILES string of the molecule is CC(C)N1C(=O)N(Cc2ccc(S(C)(=O)=O)cc2)C(=O)C12CCN(C[C@@H]1CNC[C@@H]1c1ccccc1)CC2. The van der Waals surface area contributed by atoms with E-state index in [9.17, 15) is 18.0 Å². The molecule has 0 aliphatic carbocycles. The maximum Gasteiger partial charge on any atom is 0.328 e. The van der Waals surface area contributed by atoms with Gasteiger partial charge in [-0.15, -0.1) is 0 Å². The molecule has 9 heteroatoms. The van der Waals surface area contributed by atoms with E-state index >= 15 is 0 Å². The topological polar surface area (TPSA) is 90.0 Å². The van der Waals surface area contributed by atoms with E-state index in [4.69, 9.17) is 0 Å². The summed E-state index contributed by atoms with van der Waals surface area (Å²) in [7, 11) is -3.31. The molecule has 3 amide bonds. The molecule has 3 saturated heterocycles. The van der Waals surface area contributed by atoms with E-state index < -0.39 is 15.4 Å². The molecule has 0 saturated carbocycles. The molecule has 2 aromatic carbocycles. The lowest BCUT2D eigenvalue weighted by molar-refractivity contribution is -0.136. The molecule has 0 bridgehead atoms. The maximum absolute atomic E-state index is 13.9. The number of nitrogens with one attached hydrogen (secondary N) is 1. The Morgan fingerprint density at radius 3 is 2.24 bits per heavy atom. The summed E-state index contributed by atoms with van der Waals surface area (Å²) < 4.78 is 23.6. The first-order valence-electron chi connectivity index (χ1n) is 13.5. The summed E-state index contributed by atoms with van der Waals surface area (Å²) in [6.07, 6.45) is 2.40. The van der Waals surface area contributed by atoms with Gasteiger partial charge in [0.1, 0.15) is 5.54 Å². The quantitative estimate of drug-likeness (QED) is 0.545. The van der Waals surface area contributed by atoms with Crippen molar-refractivity contribution in [2.24, 2.45) is 5.92 Å². The molecule has 8 nitrogen and oxygen atoms in total. The molecule has 3 aliphatic heterocycles. The summed E-state index contributed by atoms with van der Waals surface area (Å²) in [6.45, 7) is 8.58. The van der Waals surface area contributed by atoms with Gasteiger partial charge in [0, 0.05) is 44.4 Å². The maximum atomic E-state index is 13.9. The highest BCUT2D eigenvalue weighted by atomic mass is 32.2. The second-order valence-corrected chi connectivity index (χ2v) is 13.3. The number of carbonyl (C=O) groups excluding carboxylic acids is 2. The van der Waals surface area contributed by atoms with Gasteiger partial charge in [-0.05, 0) is 62.4 Å². The normalized spacial score (nSPS) is 24.2. The van der Waals surface area contributed by atoms with Gasteiger partial charge in [0.25, 0.3) is 5.91 Å². The lowest BCUT2D eigenvalue weighted by atomic mass is 9.83. The Hall–Kier alpha value is -2.75. The highest BCUT2D eigenvalue weighted by Gasteiger charge is 2.58. The molecule has 2 aromatic rings. The van der Waals surface area contributed by atoms with Crippen LogP contribution >= 0.6 is 0 Å². The number of rotatable bonds is 7. The van der Waals surface area contributed by atoms with Gasteiger partial charge in [-0.3, -0.25) is 9.69 Å². The van der Waals surface area contributed by atoms with Gasteiger partial charge in [-0.25, -0.2) is 13.2 Å². The van der Waals surface area contributed by atoms with E-state index in [1.54, 1.807) is 17.0 Å². The average molecular weight is 539 g/mol. The van der Waals surface area contributed by atoms with Crippen molar-refractivity contribution < 1.29 is 18.0 Å². The number of nitrogens with zero attached hydrogens (tertiary/aromatic N) is 3. The molecule has 204 valence electrons. The first-order valence-corrected chi connectivity index (χ1v) is 15.4. The van der Waals surface area contributed by atoms with Crippen LogP contribution in [0.15, 0.2) is 59.5 Å². The van der Waals surface area contributed by atoms with E-state index in [0.717, 1.165) is 44.5 Å². The second-order valence-electron chi connectivity index (χ2n) is 11.3. The van der Waals surface area contributed by atoms with E-state index in [1.165, 1.54) is 22.6 Å². The predicted molar refractivity (Wildman–Crippen MR) is 146 cm³/mol. The zero-order valence-electron chi connectivity index (χ0n) is 22.5. The number of likely N-dealkylation sites (tertiary alicyclic amines) is 1. The van der Waals surface area contributed by atoms with Crippen LogP contribution in [0.25, 0.3) is 0 Å². The molecule has 3 aliphatic rings. The molecule has 2 atom stereocenters. The first kappa shape index (κ1) is 26.8. The molecule has 0 aromatic heterocycles. The molecule has 38 heavy (non-hydrogen) atoms. The van der Waals surface area contributed by atoms with Crippen LogP contribution in [-0.2, 0) is 21.2 Å². The van der Waals surface area contributed by atoms with Crippen molar-refractivity contribution in [2.75, 3.05) is 39.0 Å². The van der Waals surface area contributed by atoms with Crippen molar-refractivity contribution in [1.29, 1.82) is 0 Å². The van der Waals surface area contributed by atoms with E-state index in [-0.39, 0.29) is 29.4 Å². The number of hydrogen-bond donors (Lipinski definition) is 1. The highest BCUT2D eigenvalue weighted by molar-refractivity contribution is 7.90. The molecule has 3 heterocycles. The zero-order valence-corrected chi connectivity index (χ0v) is 23.3. The Morgan fingerprint density at radius 2 is 1.63 bits per heavy atom. The molecule has 3 fully saturated rings. The minimum Gasteiger partial charge on any atom is -0.316 e. The number of imide groups is 1. The van der Waals surface area contributed by atoms with Crippen LogP contribution in [0.1, 0.15) is 43.7 Å². The van der Waals surface area contributed by atoms with Crippen LogP contribution in [0.2, 0.25) is 0 Å². The van der Waals surface area contributed by atoms with Crippen molar-refractivity contribution in [2.45, 2.75) is 55.6 Å². The van der Waals surface area contributed by atoms with Gasteiger partial charge in [-0.2, -0.15) is 0 Å². The number of piperidine rings is 1. The summed E-state index contributed by atoms with van der Waals surface area (Å²) in [5, 5.41) is 3.56. The molecular weight excluding hydrogens is 500 g/mol. The van der Waals surface area contributed by atoms with Gasteiger partial charge < -0.3 is 15.1 Å². The Bertz CT molecular complexity index is 1270. The predicted octanol–water partition coefficient (Wildman–Crippen LogP) is 3.10. The van der Waals surface area contributed by atoms with Crippen LogP contribution in [0.3, 0.4) is 0 Å². The monoisotopic (exact) mass is 538 g/mol. The molecule has 0 unspecified atom stereocenters. The van der Waals surface area contributed by atoms with Crippen LogP contribution in [0.4, 0.5) is 4.79 Å². The minimum absolute atomic E-state index is 0.0999. The van der Waals surface area contributed by atoms with Gasteiger partial charge in [0.2, 0.25) is 0 Å². The molecular formula is C29H38N4O4S. The highest BCUT2D eigenvalue weighted by Crippen LogP contribution is 2.40. The Balaban J connectivity index is 1.28. The largest absolute Gasteiger partial charge is 0.328 e. The van der Waals surface area contributed by atoms with E-state index in [1.807, 2.05) is 13.8 Å². The van der Waals surface area contributed by atoms with Crippen LogP contribution in [0, 0.1) is 5.92 Å². The van der Waals surface area contributed by atoms with Crippen LogP contribution in [-0.4, -0.2) is 85.6 Å². The standard InChI is InChI=1S/C29H38N4O4S/c1-21(2)33-28(35)32(19-22-9-11-25(12-10-22)38(3,36)37)27(34)29(33)13-15-31(16-14-29)20-24-17-30-18-26(24)23-7-5-4-6-8-23/h4-12,21,24,26,30H,13-20H2,1-3H3/t24-,26+/m0/s1. The Morgan fingerprint density at radius 1 is 0.974 bits per heavy atom. The number of benzene rings is 2. The lowest BCUT2D eigenvalue weighted by Crippen LogP contribution is -2.58. The number of amides is 3. The van der Waals surface area contributed by atoms with Gasteiger partial charge in [0.15, 0.2) is 9.84 Å². The average Bonchev–Trinajstić information content (AvgIpc) is 3.43. The smallest absolute Gasteiger partial charge is 0.316 e. The summed E-state index contributed by atoms with van der Waals surface area (Å²) in [6, 6.07) is 16.8. The summed E-state index contributed by atoms with van der Waals surface area (Å²) in [5.41, 5.74) is 1.29. The number of sulfone groups is 1. The van der Waals surface area contributed by atoms with Crippen molar-refractivity contribution in [1.82, 2.24) is 20.0 Å². The van der Waals surface area contributed by atoms with Crippen LogP contribution in [0.5, 0.6) is 0 Å². The third kappa shape index (κ3) is 4.99. The third-order valence-corrected chi connectivity index (χ3v) is 9.62. The summed E-state index contributed by atoms with van der Waals surface area (Å²) >= 11 is 0. The third-order valence-electron chi connectivity index (χ3n) is 8.49. The fraction of sp³-hybridized carbons (Fsp3) is 0.517. The van der Waals surface area contributed by atoms with E-state index in [0.29, 0.717) is 24.7 Å². The summed E-state index contributed by atoms with van der Waals surface area (Å²) in [4.78, 5) is 33.2. The van der Waals surface area contributed by atoms with Gasteiger partial charge in [0.05, 0.1) is 11.4 Å². The van der Waals surface area contributed by atoms with E-state index in [2.05, 4.69) is 40.5 Å². The molecule has 1 N–H and O–H groups in total. The van der Waals surface area contributed by atoms with Gasteiger partial charge in [-0.1, -0.05) is 42.5 Å².